The molecule has 0 aromatic heterocycles. The molecule has 5 nitrogen and oxygen atoms in total. The molecule has 2 aliphatic heterocycles. The molecule has 1 unspecified atom stereocenters. The van der Waals surface area contributed by atoms with Crippen LogP contribution >= 0.6 is 11.6 Å². The van der Waals surface area contributed by atoms with Crippen LogP contribution in [0, 0.1) is 5.92 Å². The Balaban J connectivity index is 1.61. The molecule has 0 saturated carbocycles. The lowest BCUT2D eigenvalue weighted by atomic mass is 10.1. The van der Waals surface area contributed by atoms with Crippen molar-refractivity contribution in [2.45, 2.75) is 6.42 Å². The van der Waals surface area contributed by atoms with E-state index in [4.69, 9.17) is 21.1 Å². The van der Waals surface area contributed by atoms with Crippen molar-refractivity contribution in [1.82, 2.24) is 9.80 Å². The maximum absolute atomic E-state index is 12.7. The Hall–Kier alpha value is -1.30. The van der Waals surface area contributed by atoms with E-state index in [1.165, 1.54) is 0 Å². The molecular weight excluding hydrogens is 316 g/mol. The van der Waals surface area contributed by atoms with Gasteiger partial charge in [-0.05, 0) is 30.5 Å². The summed E-state index contributed by atoms with van der Waals surface area (Å²) >= 11 is 5.97. The first-order valence-electron chi connectivity index (χ1n) is 8.10. The number of hydrogen-bond acceptors (Lipinski definition) is 4. The largest absolute Gasteiger partial charge is 0.496 e. The number of ether oxygens (including phenoxy) is 2. The molecule has 0 aliphatic carbocycles. The molecule has 1 atom stereocenters. The van der Waals surface area contributed by atoms with Crippen molar-refractivity contribution in [1.29, 1.82) is 0 Å². The maximum atomic E-state index is 12.7. The molecule has 0 radical (unpaired) electrons. The van der Waals surface area contributed by atoms with Crippen molar-refractivity contribution < 1.29 is 14.3 Å². The van der Waals surface area contributed by atoms with E-state index in [1.807, 2.05) is 4.90 Å². The first-order valence-corrected chi connectivity index (χ1v) is 8.48. The quantitative estimate of drug-likeness (QED) is 0.843. The molecule has 2 heterocycles. The summed E-state index contributed by atoms with van der Waals surface area (Å²) in [4.78, 5) is 17.1. The Morgan fingerprint density at radius 3 is 2.87 bits per heavy atom. The fourth-order valence-electron chi connectivity index (χ4n) is 3.33. The summed E-state index contributed by atoms with van der Waals surface area (Å²) < 4.78 is 10.7. The third kappa shape index (κ3) is 3.97. The number of nitrogens with zero attached hydrogens (tertiary/aromatic N) is 2. The lowest BCUT2D eigenvalue weighted by Gasteiger charge is -2.29. The average Bonchev–Trinajstić information content (AvgIpc) is 3.03. The average molecular weight is 339 g/mol. The van der Waals surface area contributed by atoms with Gasteiger partial charge in [0.05, 0.1) is 25.9 Å². The highest BCUT2D eigenvalue weighted by Crippen LogP contribution is 2.27. The molecule has 0 bridgehead atoms. The van der Waals surface area contributed by atoms with Gasteiger partial charge in [0.2, 0.25) is 0 Å². The van der Waals surface area contributed by atoms with Gasteiger partial charge < -0.3 is 14.4 Å². The zero-order valence-electron chi connectivity index (χ0n) is 13.5. The first kappa shape index (κ1) is 16.6. The number of methoxy groups -OCH3 is 1. The Kier molecular flexibility index (Phi) is 5.41. The second kappa shape index (κ2) is 7.51. The van der Waals surface area contributed by atoms with Gasteiger partial charge in [0, 0.05) is 37.7 Å². The van der Waals surface area contributed by atoms with Gasteiger partial charge in [0.15, 0.2) is 0 Å². The summed E-state index contributed by atoms with van der Waals surface area (Å²) in [6, 6.07) is 5.17. The number of likely N-dealkylation sites (tertiary alicyclic amines) is 1. The van der Waals surface area contributed by atoms with E-state index < -0.39 is 0 Å². The van der Waals surface area contributed by atoms with Gasteiger partial charge in [-0.1, -0.05) is 11.6 Å². The van der Waals surface area contributed by atoms with E-state index >= 15 is 0 Å². The summed E-state index contributed by atoms with van der Waals surface area (Å²) in [5, 5.41) is 0.574. The molecule has 1 aromatic carbocycles. The molecule has 0 N–H and O–H groups in total. The van der Waals surface area contributed by atoms with Crippen LogP contribution in [0.5, 0.6) is 5.75 Å². The number of hydrogen-bond donors (Lipinski definition) is 0. The van der Waals surface area contributed by atoms with Crippen LogP contribution in [0.1, 0.15) is 16.8 Å². The van der Waals surface area contributed by atoms with Gasteiger partial charge >= 0.3 is 0 Å². The number of carbonyl (C=O) groups excluding carboxylic acids is 1. The van der Waals surface area contributed by atoms with Crippen LogP contribution in [0.25, 0.3) is 0 Å². The Morgan fingerprint density at radius 2 is 2.13 bits per heavy atom. The molecule has 126 valence electrons. The Bertz CT molecular complexity index is 561. The van der Waals surface area contributed by atoms with Gasteiger partial charge in [-0.15, -0.1) is 0 Å². The minimum absolute atomic E-state index is 0.0306. The van der Waals surface area contributed by atoms with Crippen LogP contribution < -0.4 is 4.74 Å². The summed E-state index contributed by atoms with van der Waals surface area (Å²) in [6.07, 6.45) is 1.05. The van der Waals surface area contributed by atoms with Gasteiger partial charge in [-0.25, -0.2) is 0 Å². The molecule has 1 aromatic rings. The smallest absolute Gasteiger partial charge is 0.257 e. The molecule has 1 amide bonds. The molecule has 2 saturated heterocycles. The third-order valence-electron chi connectivity index (χ3n) is 4.59. The normalized spacial score (nSPS) is 22.3. The van der Waals surface area contributed by atoms with Crippen molar-refractivity contribution in [3.63, 3.8) is 0 Å². The Labute approximate surface area is 142 Å². The predicted molar refractivity (Wildman–Crippen MR) is 89.3 cm³/mol. The number of carbonyl (C=O) groups is 1. The van der Waals surface area contributed by atoms with Gasteiger partial charge in [0.25, 0.3) is 5.91 Å². The minimum Gasteiger partial charge on any atom is -0.496 e. The zero-order chi connectivity index (χ0) is 16.2. The monoisotopic (exact) mass is 338 g/mol. The van der Waals surface area contributed by atoms with E-state index in [0.717, 1.165) is 52.4 Å². The van der Waals surface area contributed by atoms with Crippen molar-refractivity contribution in [3.05, 3.63) is 28.8 Å². The second-order valence-electron chi connectivity index (χ2n) is 6.16. The second-order valence-corrected chi connectivity index (χ2v) is 6.60. The summed E-state index contributed by atoms with van der Waals surface area (Å²) in [5.41, 5.74) is 0.587. The van der Waals surface area contributed by atoms with Crippen LogP contribution in [0.4, 0.5) is 0 Å². The van der Waals surface area contributed by atoms with Crippen LogP contribution in [-0.4, -0.2) is 68.8 Å². The minimum atomic E-state index is 0.0306. The van der Waals surface area contributed by atoms with E-state index in [0.29, 0.717) is 22.3 Å². The highest BCUT2D eigenvalue weighted by molar-refractivity contribution is 6.30. The summed E-state index contributed by atoms with van der Waals surface area (Å²) in [7, 11) is 1.56. The van der Waals surface area contributed by atoms with Crippen LogP contribution in [0.3, 0.4) is 0 Å². The fraction of sp³-hybridized carbons (Fsp3) is 0.588. The van der Waals surface area contributed by atoms with Crippen molar-refractivity contribution in [3.8, 4) is 5.75 Å². The fourth-order valence-corrected chi connectivity index (χ4v) is 3.49. The lowest BCUT2D eigenvalue weighted by Crippen LogP contribution is -2.40. The lowest BCUT2D eigenvalue weighted by molar-refractivity contribution is 0.0310. The number of amides is 1. The standard InChI is InChI=1S/C17H23ClN2O3/c1-22-16-10-14(18)2-3-15(16)17(21)20-5-4-13(12-20)11-19-6-8-23-9-7-19/h2-3,10,13H,4-9,11-12H2,1H3. The van der Waals surface area contributed by atoms with E-state index in [9.17, 15) is 4.79 Å². The van der Waals surface area contributed by atoms with Gasteiger partial charge in [0.1, 0.15) is 5.75 Å². The first-order chi connectivity index (χ1) is 11.2. The zero-order valence-corrected chi connectivity index (χ0v) is 14.2. The van der Waals surface area contributed by atoms with E-state index in [1.54, 1.807) is 25.3 Å². The molecule has 0 spiro atoms. The van der Waals surface area contributed by atoms with Crippen LogP contribution in [0.15, 0.2) is 18.2 Å². The molecule has 23 heavy (non-hydrogen) atoms. The maximum Gasteiger partial charge on any atom is 0.257 e. The van der Waals surface area contributed by atoms with Gasteiger partial charge in [-0.3, -0.25) is 9.69 Å². The number of rotatable bonds is 4. The Morgan fingerprint density at radius 1 is 1.35 bits per heavy atom. The molecule has 6 heteroatoms. The van der Waals surface area contributed by atoms with E-state index in [-0.39, 0.29) is 5.91 Å². The van der Waals surface area contributed by atoms with E-state index in [2.05, 4.69) is 4.90 Å². The number of halogens is 1. The highest BCUT2D eigenvalue weighted by atomic mass is 35.5. The molecule has 2 aliphatic rings. The third-order valence-corrected chi connectivity index (χ3v) is 4.82. The van der Waals surface area contributed by atoms with Crippen molar-refractivity contribution in [2.75, 3.05) is 53.0 Å². The molecule has 3 rings (SSSR count). The van der Waals surface area contributed by atoms with Crippen LogP contribution in [-0.2, 0) is 4.74 Å². The summed E-state index contributed by atoms with van der Waals surface area (Å²) in [5.74, 6) is 1.11. The molecular formula is C17H23ClN2O3. The number of morpholine rings is 1. The predicted octanol–water partition coefficient (Wildman–Crippen LogP) is 2.14. The van der Waals surface area contributed by atoms with Crippen LogP contribution in [0.2, 0.25) is 5.02 Å². The molecule has 2 fully saturated rings. The van der Waals surface area contributed by atoms with Gasteiger partial charge in [-0.2, -0.15) is 0 Å². The van der Waals surface area contributed by atoms with Crippen molar-refractivity contribution >= 4 is 17.5 Å². The number of benzene rings is 1. The van der Waals surface area contributed by atoms with Crippen molar-refractivity contribution in [2.24, 2.45) is 5.92 Å². The highest BCUT2D eigenvalue weighted by Gasteiger charge is 2.29. The summed E-state index contributed by atoms with van der Waals surface area (Å²) in [6.45, 7) is 6.28. The topological polar surface area (TPSA) is 42.0 Å². The SMILES string of the molecule is COc1cc(Cl)ccc1C(=O)N1CCC(CN2CCOCC2)C1.